The van der Waals surface area contributed by atoms with Crippen LogP contribution in [0.5, 0.6) is 11.5 Å². The van der Waals surface area contributed by atoms with Crippen molar-refractivity contribution in [1.82, 2.24) is 10.4 Å². The van der Waals surface area contributed by atoms with Crippen LogP contribution in [0.4, 0.5) is 0 Å². The summed E-state index contributed by atoms with van der Waals surface area (Å²) >= 11 is 6.28. The van der Waals surface area contributed by atoms with Gasteiger partial charge in [0.25, 0.3) is 11.8 Å². The van der Waals surface area contributed by atoms with Crippen LogP contribution in [0.25, 0.3) is 6.08 Å². The zero-order valence-electron chi connectivity index (χ0n) is 17.4. The van der Waals surface area contributed by atoms with Crippen molar-refractivity contribution in [2.24, 2.45) is 0 Å². The van der Waals surface area contributed by atoms with Crippen LogP contribution in [0.2, 0.25) is 0 Å². The minimum atomic E-state index is -1.10. The normalized spacial score (nSPS) is 15.7. The molecule has 168 valence electrons. The molecule has 2 amide bonds. The van der Waals surface area contributed by atoms with Gasteiger partial charge in [-0.25, -0.2) is 4.79 Å². The maximum Gasteiger partial charge on any atom is 0.344 e. The lowest BCUT2D eigenvalue weighted by atomic mass is 10.2. The van der Waals surface area contributed by atoms with Crippen molar-refractivity contribution in [3.05, 3.63) is 52.3 Å². The Kier molecular flexibility index (Phi) is 7.21. The Morgan fingerprint density at radius 2 is 2.09 bits per heavy atom. The molecule has 0 saturated carbocycles. The summed E-state index contributed by atoms with van der Waals surface area (Å²) < 4.78 is 16.3. The lowest BCUT2D eigenvalue weighted by Gasteiger charge is -2.15. The van der Waals surface area contributed by atoms with E-state index in [0.717, 1.165) is 16.8 Å². The van der Waals surface area contributed by atoms with Crippen molar-refractivity contribution in [3.8, 4) is 11.5 Å². The maximum atomic E-state index is 12.8. The van der Waals surface area contributed by atoms with E-state index in [1.165, 1.54) is 19.3 Å². The minimum absolute atomic E-state index is 0.177. The Bertz CT molecular complexity index is 1110. The number of hydrogen-bond acceptors (Lipinski definition) is 8. The lowest BCUT2D eigenvalue weighted by Crippen LogP contribution is -2.44. The van der Waals surface area contributed by atoms with Gasteiger partial charge in [-0.05, 0) is 62.8 Å². The van der Waals surface area contributed by atoms with Crippen LogP contribution in [-0.4, -0.2) is 44.9 Å². The molecule has 1 saturated heterocycles. The number of amides is 2. The molecule has 0 bridgehead atoms. The molecule has 32 heavy (non-hydrogen) atoms. The molecule has 1 unspecified atom stereocenters. The predicted octanol–water partition coefficient (Wildman–Crippen LogP) is 3.38. The minimum Gasteiger partial charge on any atom is -0.490 e. The molecule has 1 aromatic heterocycles. The van der Waals surface area contributed by atoms with Crippen LogP contribution in [0, 0.1) is 6.92 Å². The molecule has 3 rings (SSSR count). The summed E-state index contributed by atoms with van der Waals surface area (Å²) in [6.45, 7) is 5.17. The monoisotopic (exact) mass is 476 g/mol. The highest BCUT2D eigenvalue weighted by molar-refractivity contribution is 8.26. The molecule has 1 atom stereocenters. The van der Waals surface area contributed by atoms with Gasteiger partial charge in [-0.2, -0.15) is 5.01 Å². The van der Waals surface area contributed by atoms with Crippen molar-refractivity contribution in [2.45, 2.75) is 26.9 Å². The molecule has 1 fully saturated rings. The van der Waals surface area contributed by atoms with Gasteiger partial charge in [0.05, 0.1) is 23.3 Å². The zero-order valence-corrected chi connectivity index (χ0v) is 19.0. The molecular weight excluding hydrogens is 456 g/mol. The number of hydrazine groups is 1. The van der Waals surface area contributed by atoms with Crippen LogP contribution in [0.1, 0.15) is 35.5 Å². The predicted molar refractivity (Wildman–Crippen MR) is 121 cm³/mol. The Morgan fingerprint density at radius 3 is 2.72 bits per heavy atom. The second kappa shape index (κ2) is 9.88. The molecule has 0 radical (unpaired) electrons. The fourth-order valence-electron chi connectivity index (χ4n) is 2.72. The van der Waals surface area contributed by atoms with E-state index in [2.05, 4.69) is 5.43 Å². The summed E-state index contributed by atoms with van der Waals surface area (Å²) in [6, 6.07) is 6.36. The average Bonchev–Trinajstić information content (AvgIpc) is 3.28. The molecule has 0 spiro atoms. The number of nitrogens with one attached hydrogen (secondary N) is 1. The number of thiocarbonyl (C=S) groups is 1. The van der Waals surface area contributed by atoms with E-state index in [9.17, 15) is 14.4 Å². The van der Waals surface area contributed by atoms with Gasteiger partial charge in [-0.15, -0.1) is 0 Å². The number of ether oxygens (including phenoxy) is 2. The van der Waals surface area contributed by atoms with Crippen LogP contribution in [0.3, 0.4) is 0 Å². The Labute approximate surface area is 193 Å². The number of nitrogens with zero attached hydrogens (tertiary/aromatic N) is 1. The number of furan rings is 1. The quantitative estimate of drug-likeness (QED) is 0.436. The van der Waals surface area contributed by atoms with Crippen molar-refractivity contribution in [3.63, 3.8) is 0 Å². The molecule has 2 heterocycles. The first-order valence-corrected chi connectivity index (χ1v) is 10.7. The van der Waals surface area contributed by atoms with E-state index in [1.807, 2.05) is 0 Å². The second-order valence-electron chi connectivity index (χ2n) is 6.59. The summed E-state index contributed by atoms with van der Waals surface area (Å²) in [5, 5.41) is 10.1. The average molecular weight is 477 g/mol. The van der Waals surface area contributed by atoms with E-state index in [4.69, 9.17) is 31.2 Å². The number of benzene rings is 1. The molecule has 2 aromatic rings. The van der Waals surface area contributed by atoms with Gasteiger partial charge < -0.3 is 19.0 Å². The summed E-state index contributed by atoms with van der Waals surface area (Å²) in [7, 11) is 0. The maximum absolute atomic E-state index is 12.8. The standard InChI is InChI=1S/C21H20N2O7S2/c1-4-28-16-9-13(5-6-15(16)30-12(3)20(26)27)10-17-19(25)23(21(31)32-17)22-18(24)14-7-8-29-11(14)2/h5-10,12H,4H2,1-3H3,(H,22,24)(H,26,27)/b17-10+. The fourth-order valence-corrected chi connectivity index (χ4v) is 3.90. The first kappa shape index (κ1) is 23.4. The van der Waals surface area contributed by atoms with Crippen LogP contribution in [0.15, 0.2) is 39.9 Å². The van der Waals surface area contributed by atoms with Gasteiger partial charge in [0.2, 0.25) is 0 Å². The van der Waals surface area contributed by atoms with Crippen molar-refractivity contribution in [1.29, 1.82) is 0 Å². The third kappa shape index (κ3) is 5.11. The topological polar surface area (TPSA) is 118 Å². The number of aryl methyl sites for hydroxylation is 1. The number of carbonyl (C=O) groups is 3. The first-order chi connectivity index (χ1) is 15.2. The van der Waals surface area contributed by atoms with Crippen molar-refractivity contribution >= 4 is 52.2 Å². The number of carboxylic acids is 1. The Balaban J connectivity index is 1.80. The van der Waals surface area contributed by atoms with E-state index in [0.29, 0.717) is 34.1 Å². The smallest absolute Gasteiger partial charge is 0.344 e. The first-order valence-electron chi connectivity index (χ1n) is 9.50. The highest BCUT2D eigenvalue weighted by Crippen LogP contribution is 2.34. The summed E-state index contributed by atoms with van der Waals surface area (Å²) in [5.41, 5.74) is 3.41. The second-order valence-corrected chi connectivity index (χ2v) is 8.26. The molecule has 1 aliphatic rings. The number of carboxylic acid groups (broad SMARTS) is 1. The zero-order chi connectivity index (χ0) is 23.4. The summed E-state index contributed by atoms with van der Waals surface area (Å²) in [5.74, 6) is -1.06. The number of aliphatic carboxylic acids is 1. The lowest BCUT2D eigenvalue weighted by molar-refractivity contribution is -0.144. The van der Waals surface area contributed by atoms with Crippen LogP contribution >= 0.6 is 24.0 Å². The number of rotatable bonds is 8. The molecule has 1 aromatic carbocycles. The Hall–Kier alpha value is -3.31. The molecule has 9 nitrogen and oxygen atoms in total. The number of carbonyl (C=O) groups excluding carboxylic acids is 2. The molecular formula is C21H20N2O7S2. The van der Waals surface area contributed by atoms with Crippen LogP contribution < -0.4 is 14.9 Å². The summed E-state index contributed by atoms with van der Waals surface area (Å²) in [6.07, 6.45) is 1.93. The van der Waals surface area contributed by atoms with E-state index >= 15 is 0 Å². The summed E-state index contributed by atoms with van der Waals surface area (Å²) in [4.78, 5) is 36.6. The molecule has 1 aliphatic heterocycles. The highest BCUT2D eigenvalue weighted by atomic mass is 32.2. The Morgan fingerprint density at radius 1 is 1.34 bits per heavy atom. The van der Waals surface area contributed by atoms with Gasteiger partial charge >= 0.3 is 5.97 Å². The van der Waals surface area contributed by atoms with Crippen molar-refractivity contribution < 1.29 is 33.4 Å². The molecule has 11 heteroatoms. The van der Waals surface area contributed by atoms with Gasteiger partial charge in [-0.1, -0.05) is 17.8 Å². The van der Waals surface area contributed by atoms with E-state index in [-0.39, 0.29) is 10.1 Å². The molecule has 0 aliphatic carbocycles. The highest BCUT2D eigenvalue weighted by Gasteiger charge is 2.34. The largest absolute Gasteiger partial charge is 0.490 e. The van der Waals surface area contributed by atoms with Crippen molar-refractivity contribution in [2.75, 3.05) is 6.61 Å². The third-order valence-corrected chi connectivity index (χ3v) is 5.63. The molecule has 2 N–H and O–H groups in total. The third-order valence-electron chi connectivity index (χ3n) is 4.33. The fraction of sp³-hybridized carbons (Fsp3) is 0.238. The van der Waals surface area contributed by atoms with Gasteiger partial charge in [0, 0.05) is 0 Å². The van der Waals surface area contributed by atoms with Crippen LogP contribution in [-0.2, 0) is 9.59 Å². The van der Waals surface area contributed by atoms with Gasteiger partial charge in [0.15, 0.2) is 21.9 Å². The SMILES string of the molecule is CCOc1cc(/C=C2/SC(=S)N(NC(=O)c3ccoc3C)C2=O)ccc1OC(C)C(=O)O. The number of thioether (sulfide) groups is 1. The van der Waals surface area contributed by atoms with Gasteiger partial charge in [-0.3, -0.25) is 15.0 Å². The van der Waals surface area contributed by atoms with E-state index in [1.54, 1.807) is 38.1 Å². The van der Waals surface area contributed by atoms with E-state index < -0.39 is 23.9 Å². The van der Waals surface area contributed by atoms with Gasteiger partial charge in [0.1, 0.15) is 5.76 Å². The number of hydrogen-bond donors (Lipinski definition) is 2.